The molecule has 0 aromatic rings. The maximum absolute atomic E-state index is 9.52. The van der Waals surface area contributed by atoms with E-state index < -0.39 is 0 Å². The molecule has 0 aromatic heterocycles. The second-order valence-electron chi connectivity index (χ2n) is 8.14. The molecule has 1 rings (SSSR count). The van der Waals surface area contributed by atoms with Crippen LogP contribution in [0.2, 0.25) is 0 Å². The molecule has 0 saturated carbocycles. The molecule has 0 fully saturated rings. The molecular formula is C25H40O. The summed E-state index contributed by atoms with van der Waals surface area (Å²) in [5.41, 5.74) is 7.08. The van der Waals surface area contributed by atoms with Gasteiger partial charge < -0.3 is 5.11 Å². The van der Waals surface area contributed by atoms with E-state index in [2.05, 4.69) is 65.0 Å². The van der Waals surface area contributed by atoms with Gasteiger partial charge in [0.1, 0.15) is 0 Å². The average Bonchev–Trinajstić information content (AvgIpc) is 2.59. The van der Waals surface area contributed by atoms with Crippen molar-refractivity contribution in [1.29, 1.82) is 0 Å². The van der Waals surface area contributed by atoms with E-state index in [4.69, 9.17) is 0 Å². The predicted molar refractivity (Wildman–Crippen MR) is 116 cm³/mol. The highest BCUT2D eigenvalue weighted by molar-refractivity contribution is 5.13. The van der Waals surface area contributed by atoms with Gasteiger partial charge in [-0.3, -0.25) is 0 Å². The average molecular weight is 357 g/mol. The van der Waals surface area contributed by atoms with E-state index in [-0.39, 0.29) is 6.61 Å². The van der Waals surface area contributed by atoms with E-state index in [9.17, 15) is 5.11 Å². The van der Waals surface area contributed by atoms with Crippen LogP contribution in [0.5, 0.6) is 0 Å². The van der Waals surface area contributed by atoms with Crippen molar-refractivity contribution in [3.05, 3.63) is 58.2 Å². The van der Waals surface area contributed by atoms with Gasteiger partial charge >= 0.3 is 0 Å². The Kier molecular flexibility index (Phi) is 11.3. The molecule has 0 spiro atoms. The second-order valence-corrected chi connectivity index (χ2v) is 8.14. The molecule has 1 N–H and O–H groups in total. The van der Waals surface area contributed by atoms with Crippen LogP contribution in [-0.2, 0) is 0 Å². The van der Waals surface area contributed by atoms with Crippen LogP contribution in [0.25, 0.3) is 0 Å². The molecule has 1 nitrogen and oxygen atoms in total. The number of aliphatic hydroxyl groups excluding tert-OH is 1. The smallest absolute Gasteiger partial charge is 0.0641 e. The zero-order valence-electron chi connectivity index (χ0n) is 17.8. The van der Waals surface area contributed by atoms with Gasteiger partial charge in [-0.05, 0) is 97.5 Å². The van der Waals surface area contributed by atoms with E-state index in [0.717, 1.165) is 38.5 Å². The fraction of sp³-hybridized carbons (Fsp3) is 0.600. The van der Waals surface area contributed by atoms with Crippen LogP contribution in [-0.4, -0.2) is 11.7 Å². The number of hydrogen-bond acceptors (Lipinski definition) is 1. The third-order valence-electron chi connectivity index (χ3n) is 5.38. The molecule has 0 saturated heterocycles. The third kappa shape index (κ3) is 9.97. The summed E-state index contributed by atoms with van der Waals surface area (Å²) in [6.07, 6.45) is 20.6. The maximum Gasteiger partial charge on any atom is 0.0641 e. The molecule has 0 aromatic carbocycles. The van der Waals surface area contributed by atoms with Crippen LogP contribution in [0.3, 0.4) is 0 Å². The van der Waals surface area contributed by atoms with E-state index in [1.165, 1.54) is 40.7 Å². The van der Waals surface area contributed by atoms with Gasteiger partial charge in [0.25, 0.3) is 0 Å². The van der Waals surface area contributed by atoms with E-state index >= 15 is 0 Å². The van der Waals surface area contributed by atoms with Crippen molar-refractivity contribution in [3.8, 4) is 0 Å². The summed E-state index contributed by atoms with van der Waals surface area (Å²) < 4.78 is 0. The first-order valence-electron chi connectivity index (χ1n) is 10.3. The van der Waals surface area contributed by atoms with Gasteiger partial charge in [0.2, 0.25) is 0 Å². The number of allylic oxidation sites excluding steroid dienone is 9. The van der Waals surface area contributed by atoms with Crippen LogP contribution >= 0.6 is 0 Å². The molecule has 1 atom stereocenters. The first kappa shape index (κ1) is 22.7. The maximum atomic E-state index is 9.52. The zero-order chi connectivity index (χ0) is 19.4. The Balaban J connectivity index is 2.88. The Labute approximate surface area is 162 Å². The van der Waals surface area contributed by atoms with Crippen molar-refractivity contribution >= 4 is 0 Å². The quantitative estimate of drug-likeness (QED) is 0.518. The summed E-state index contributed by atoms with van der Waals surface area (Å²) in [6.45, 7) is 11.4. The van der Waals surface area contributed by atoms with Gasteiger partial charge in [0, 0.05) is 0 Å². The molecule has 0 bridgehead atoms. The first-order valence-corrected chi connectivity index (χ1v) is 10.3. The lowest BCUT2D eigenvalue weighted by atomic mass is 9.88. The lowest BCUT2D eigenvalue weighted by Gasteiger charge is -2.18. The minimum Gasteiger partial charge on any atom is -0.392 e. The van der Waals surface area contributed by atoms with Gasteiger partial charge in [-0.2, -0.15) is 0 Å². The molecule has 1 heteroatoms. The summed E-state index contributed by atoms with van der Waals surface area (Å²) >= 11 is 0. The minimum absolute atomic E-state index is 0.202. The molecule has 1 aliphatic carbocycles. The van der Waals surface area contributed by atoms with Crippen LogP contribution in [0, 0.1) is 5.92 Å². The van der Waals surface area contributed by atoms with E-state index in [1.807, 2.05) is 0 Å². The zero-order valence-corrected chi connectivity index (χ0v) is 17.8. The topological polar surface area (TPSA) is 20.2 Å². The fourth-order valence-corrected chi connectivity index (χ4v) is 3.38. The van der Waals surface area contributed by atoms with Crippen molar-refractivity contribution in [1.82, 2.24) is 0 Å². The molecule has 26 heavy (non-hydrogen) atoms. The summed E-state index contributed by atoms with van der Waals surface area (Å²) in [6, 6.07) is 0. The first-order chi connectivity index (χ1) is 12.4. The molecule has 0 aliphatic heterocycles. The summed E-state index contributed by atoms with van der Waals surface area (Å²) in [7, 11) is 0. The Morgan fingerprint density at radius 3 is 2.35 bits per heavy atom. The standard InChI is InChI=1S/C25H40O/c1-20(2)9-6-12-23(5)25-17-15-21(3)10-7-13-24(19-26)14-8-11-22(4)16-18-25/h9-10,12,14,16,25-26H,6-8,11,13,15,17-19H2,1-5H3. The molecule has 146 valence electrons. The van der Waals surface area contributed by atoms with Crippen molar-refractivity contribution in [2.45, 2.75) is 86.0 Å². The Hall–Kier alpha value is -1.34. The van der Waals surface area contributed by atoms with Crippen LogP contribution < -0.4 is 0 Å². The van der Waals surface area contributed by atoms with Crippen molar-refractivity contribution < 1.29 is 5.11 Å². The van der Waals surface area contributed by atoms with Crippen molar-refractivity contribution in [2.24, 2.45) is 5.92 Å². The lowest BCUT2D eigenvalue weighted by Crippen LogP contribution is -2.03. The summed E-state index contributed by atoms with van der Waals surface area (Å²) in [5.74, 6) is 0.644. The number of rotatable bonds is 4. The van der Waals surface area contributed by atoms with Crippen molar-refractivity contribution in [2.75, 3.05) is 6.61 Å². The lowest BCUT2D eigenvalue weighted by molar-refractivity contribution is 0.326. The van der Waals surface area contributed by atoms with E-state index in [0.29, 0.717) is 5.92 Å². The normalized spacial score (nSPS) is 21.2. The van der Waals surface area contributed by atoms with Crippen LogP contribution in [0.4, 0.5) is 0 Å². The van der Waals surface area contributed by atoms with E-state index in [1.54, 1.807) is 0 Å². The molecule has 0 amide bonds. The summed E-state index contributed by atoms with van der Waals surface area (Å²) in [5, 5.41) is 9.52. The monoisotopic (exact) mass is 356 g/mol. The van der Waals surface area contributed by atoms with Gasteiger partial charge in [-0.25, -0.2) is 0 Å². The fourth-order valence-electron chi connectivity index (χ4n) is 3.38. The molecule has 1 unspecified atom stereocenters. The SMILES string of the molecule is CC(C)=CCC=C(C)C1CC=C(C)CCC=C(CO)CCC=C(C)CC1. The van der Waals surface area contributed by atoms with Gasteiger partial charge in [0.15, 0.2) is 0 Å². The van der Waals surface area contributed by atoms with Crippen molar-refractivity contribution in [3.63, 3.8) is 0 Å². The van der Waals surface area contributed by atoms with Gasteiger partial charge in [0.05, 0.1) is 6.61 Å². The second kappa shape index (κ2) is 12.9. The molecular weight excluding hydrogens is 316 g/mol. The minimum atomic E-state index is 0.202. The Morgan fingerprint density at radius 1 is 0.962 bits per heavy atom. The third-order valence-corrected chi connectivity index (χ3v) is 5.38. The highest BCUT2D eigenvalue weighted by Gasteiger charge is 2.10. The number of hydrogen-bond donors (Lipinski definition) is 1. The Morgan fingerprint density at radius 2 is 1.65 bits per heavy atom. The largest absolute Gasteiger partial charge is 0.392 e. The molecule has 0 heterocycles. The highest BCUT2D eigenvalue weighted by atomic mass is 16.3. The Bertz CT molecular complexity index is 565. The van der Waals surface area contributed by atoms with Crippen LogP contribution in [0.1, 0.15) is 86.0 Å². The van der Waals surface area contributed by atoms with Gasteiger partial charge in [-0.1, -0.05) is 52.7 Å². The highest BCUT2D eigenvalue weighted by Crippen LogP contribution is 2.26. The molecule has 1 aliphatic rings. The predicted octanol–water partition coefficient (Wildman–Crippen LogP) is 7.46. The molecule has 0 radical (unpaired) electrons. The summed E-state index contributed by atoms with van der Waals surface area (Å²) in [4.78, 5) is 0. The van der Waals surface area contributed by atoms with Gasteiger partial charge in [-0.15, -0.1) is 0 Å². The van der Waals surface area contributed by atoms with Crippen LogP contribution in [0.15, 0.2) is 58.2 Å². The number of aliphatic hydroxyl groups is 1.